The van der Waals surface area contributed by atoms with E-state index in [1.54, 1.807) is 6.66 Å². The molecular formula is C9H18O3PW-. The fourth-order valence-electron chi connectivity index (χ4n) is 0.820. The van der Waals surface area contributed by atoms with Crippen molar-refractivity contribution >= 4 is 13.3 Å². The quantitative estimate of drug-likeness (QED) is 0.551. The summed E-state index contributed by atoms with van der Waals surface area (Å²) in [6, 6.07) is 0. The Morgan fingerprint density at radius 3 is 1.64 bits per heavy atom. The first-order valence-corrected chi connectivity index (χ1v) is 6.67. The van der Waals surface area contributed by atoms with Crippen LogP contribution in [0.1, 0.15) is 20.8 Å². The molecule has 0 aromatic rings. The van der Waals surface area contributed by atoms with Gasteiger partial charge in [-0.1, -0.05) is 20.8 Å². The third kappa shape index (κ3) is 18.2. The van der Waals surface area contributed by atoms with Gasteiger partial charge in [-0.25, -0.2) is 0 Å². The van der Waals surface area contributed by atoms with Crippen LogP contribution in [0.2, 0.25) is 0 Å². The molecule has 0 rings (SSSR count). The Bertz CT molecular complexity index is 204. The van der Waals surface area contributed by atoms with Gasteiger partial charge in [-0.15, -0.1) is 0 Å². The molecule has 0 aromatic carbocycles. The second-order valence-corrected chi connectivity index (χ2v) is 6.74. The van der Waals surface area contributed by atoms with Crippen LogP contribution in [0.4, 0.5) is 0 Å². The van der Waals surface area contributed by atoms with Crippen molar-refractivity contribution in [2.45, 2.75) is 20.8 Å². The first-order valence-electron chi connectivity index (χ1n) is 4.14. The molecule has 0 aliphatic heterocycles. The summed E-state index contributed by atoms with van der Waals surface area (Å²) in [7, 11) is -2.03. The van der Waals surface area contributed by atoms with Crippen LogP contribution in [0, 0.1) is 18.5 Å². The summed E-state index contributed by atoms with van der Waals surface area (Å²) in [5.74, 6) is 1.16. The van der Waals surface area contributed by atoms with Crippen molar-refractivity contribution in [3.63, 3.8) is 0 Å². The molecule has 0 fully saturated rings. The van der Waals surface area contributed by atoms with E-state index in [1.165, 1.54) is 0 Å². The average molecular weight is 389 g/mol. The van der Waals surface area contributed by atoms with Gasteiger partial charge in [-0.05, 0) is 31.8 Å². The number of carbonyl (C=O) groups excluding carboxylic acids is 2. The van der Waals surface area contributed by atoms with E-state index in [0.29, 0.717) is 11.8 Å². The maximum atomic E-state index is 11.2. The zero-order valence-corrected chi connectivity index (χ0v) is 13.0. The van der Waals surface area contributed by atoms with Crippen LogP contribution in [0.15, 0.2) is 0 Å². The van der Waals surface area contributed by atoms with Gasteiger partial charge >= 0.3 is 6.15 Å². The number of hydrogen-bond acceptors (Lipinski definition) is 3. The van der Waals surface area contributed by atoms with E-state index in [-0.39, 0.29) is 27.2 Å². The molecule has 0 amide bonds. The first kappa shape index (κ1) is 19.8. The smallest absolute Gasteiger partial charge is 0.358 e. The molecule has 0 saturated heterocycles. The summed E-state index contributed by atoms with van der Waals surface area (Å²) in [6.07, 6.45) is 1.03. The van der Waals surface area contributed by atoms with Crippen molar-refractivity contribution in [2.24, 2.45) is 11.8 Å². The zero-order chi connectivity index (χ0) is 11.1. The summed E-state index contributed by atoms with van der Waals surface area (Å²) in [6.45, 7) is 11.8. The minimum atomic E-state index is -2.03. The molecule has 0 N–H and O–H groups in total. The molecular weight excluding hydrogens is 371 g/mol. The van der Waals surface area contributed by atoms with Gasteiger partial charge in [-0.2, -0.15) is 9.59 Å². The maximum Gasteiger partial charge on any atom is 0.373 e. The summed E-state index contributed by atoms with van der Waals surface area (Å²) >= 11 is 0. The van der Waals surface area contributed by atoms with Crippen LogP contribution in [-0.4, -0.2) is 19.0 Å². The monoisotopic (exact) mass is 389 g/mol. The second-order valence-electron chi connectivity index (χ2n) is 3.78. The third-order valence-corrected chi connectivity index (χ3v) is 3.16. The van der Waals surface area contributed by atoms with Crippen LogP contribution in [0.25, 0.3) is 0 Å². The van der Waals surface area contributed by atoms with Gasteiger partial charge < -0.3 is 4.57 Å². The van der Waals surface area contributed by atoms with Crippen molar-refractivity contribution in [3.05, 3.63) is 6.66 Å². The van der Waals surface area contributed by atoms with Gasteiger partial charge in [0.05, 0.1) is 0 Å². The van der Waals surface area contributed by atoms with E-state index in [9.17, 15) is 4.57 Å². The predicted molar refractivity (Wildman–Crippen MR) is 52.8 cm³/mol. The molecule has 0 saturated carbocycles. The minimum Gasteiger partial charge on any atom is -0.358 e. The van der Waals surface area contributed by atoms with Gasteiger partial charge in [-0.3, -0.25) is 6.66 Å². The van der Waals surface area contributed by atoms with Crippen LogP contribution < -0.4 is 0 Å². The molecule has 14 heavy (non-hydrogen) atoms. The molecule has 3 nitrogen and oxygen atoms in total. The Labute approximate surface area is 101 Å². The van der Waals surface area contributed by atoms with Crippen LogP contribution in [0.5, 0.6) is 0 Å². The number of rotatable bonds is 3. The van der Waals surface area contributed by atoms with Crippen LogP contribution in [0.3, 0.4) is 0 Å². The van der Waals surface area contributed by atoms with E-state index in [1.807, 2.05) is 0 Å². The Balaban J connectivity index is -0.000000267. The molecule has 0 aromatic heterocycles. The van der Waals surface area contributed by atoms with Crippen molar-refractivity contribution < 1.29 is 35.2 Å². The molecule has 0 unspecified atom stereocenters. The Kier molecular flexibility index (Phi) is 13.9. The molecule has 2 atom stereocenters. The third-order valence-electron chi connectivity index (χ3n) is 1.81. The molecule has 0 heterocycles. The Hall–Kier alpha value is 0.298. The molecule has 84 valence electrons. The average Bonchev–Trinajstić information content (AvgIpc) is 1.84. The molecule has 0 spiro atoms. The van der Waals surface area contributed by atoms with Crippen LogP contribution in [-0.2, 0) is 35.2 Å². The standard InChI is InChI=1S/C8H18OP.CO2.W/c1-7(2)8(3)6-10(4,5)9;2-1-3;/h7-8H,4,6H2,1-3,5H3;;/q-1;;/t8-,10+;;/m1../s1. The Morgan fingerprint density at radius 1 is 1.29 bits per heavy atom. The molecule has 5 heteroatoms. The number of hydrogen-bond donors (Lipinski definition) is 0. The molecule has 0 aliphatic carbocycles. The topological polar surface area (TPSA) is 51.2 Å². The van der Waals surface area contributed by atoms with Crippen molar-refractivity contribution in [1.29, 1.82) is 0 Å². The first-order chi connectivity index (χ1) is 5.74. The second kappa shape index (κ2) is 9.84. The van der Waals surface area contributed by atoms with Gasteiger partial charge in [0.25, 0.3) is 0 Å². The largest absolute Gasteiger partial charge is 0.373 e. The summed E-state index contributed by atoms with van der Waals surface area (Å²) in [5.41, 5.74) is 0. The van der Waals surface area contributed by atoms with E-state index in [0.717, 1.165) is 6.16 Å². The summed E-state index contributed by atoms with van der Waals surface area (Å²) in [4.78, 5) is 16.2. The van der Waals surface area contributed by atoms with Crippen molar-refractivity contribution in [3.8, 4) is 0 Å². The predicted octanol–water partition coefficient (Wildman–Crippen LogP) is 2.48. The zero-order valence-electron chi connectivity index (χ0n) is 9.15. The molecule has 0 radical (unpaired) electrons. The van der Waals surface area contributed by atoms with Gasteiger partial charge in [0.1, 0.15) is 0 Å². The fraction of sp³-hybridized carbons (Fsp3) is 0.778. The minimum absolute atomic E-state index is 0. The van der Waals surface area contributed by atoms with Crippen molar-refractivity contribution in [2.75, 3.05) is 12.8 Å². The maximum absolute atomic E-state index is 11.2. The molecule has 0 bridgehead atoms. The summed E-state index contributed by atoms with van der Waals surface area (Å²) < 4.78 is 11.2. The van der Waals surface area contributed by atoms with E-state index in [2.05, 4.69) is 27.4 Å². The van der Waals surface area contributed by atoms with E-state index in [4.69, 9.17) is 9.59 Å². The van der Waals surface area contributed by atoms with E-state index >= 15 is 0 Å². The Morgan fingerprint density at radius 2 is 1.57 bits per heavy atom. The SMILES string of the molecule is O=C=O.[CH2-][P@@](C)(=O)C[C@@H](C)C(C)C.[W]. The van der Waals surface area contributed by atoms with Crippen LogP contribution >= 0.6 is 7.14 Å². The van der Waals surface area contributed by atoms with E-state index < -0.39 is 7.14 Å². The molecule has 0 aliphatic rings. The van der Waals surface area contributed by atoms with Crippen molar-refractivity contribution in [1.82, 2.24) is 0 Å². The summed E-state index contributed by atoms with van der Waals surface area (Å²) in [5, 5.41) is 0. The van der Waals surface area contributed by atoms with Gasteiger partial charge in [0.15, 0.2) is 0 Å². The normalized spacial score (nSPS) is 15.3. The van der Waals surface area contributed by atoms with Gasteiger partial charge in [0.2, 0.25) is 0 Å². The van der Waals surface area contributed by atoms with Gasteiger partial charge in [0, 0.05) is 21.1 Å². The fourth-order valence-corrected chi connectivity index (χ4v) is 2.46.